The third-order valence-corrected chi connectivity index (χ3v) is 3.11. The van der Waals surface area contributed by atoms with Crippen LogP contribution in [0, 0.1) is 11.3 Å². The summed E-state index contributed by atoms with van der Waals surface area (Å²) in [6, 6.07) is 0. The van der Waals surface area contributed by atoms with Gasteiger partial charge in [-0.1, -0.05) is 32.9 Å². The van der Waals surface area contributed by atoms with Gasteiger partial charge < -0.3 is 0 Å². The van der Waals surface area contributed by atoms with Gasteiger partial charge >= 0.3 is 0 Å². The Morgan fingerprint density at radius 3 is 2.42 bits per heavy atom. The second-order valence-electron chi connectivity index (χ2n) is 4.14. The Balaban J connectivity index is 2.85. The summed E-state index contributed by atoms with van der Waals surface area (Å²) in [5.74, 6) is 0.177. The lowest BCUT2D eigenvalue weighted by Crippen LogP contribution is -2.41. The molecule has 0 saturated carbocycles. The SMILES string of the molecule is CC(C)C1(C)CC=CC(F)C1F. The van der Waals surface area contributed by atoms with Crippen molar-refractivity contribution in [3.63, 3.8) is 0 Å². The van der Waals surface area contributed by atoms with Crippen LogP contribution in [0.25, 0.3) is 0 Å². The van der Waals surface area contributed by atoms with E-state index >= 15 is 0 Å². The maximum absolute atomic E-state index is 13.5. The monoisotopic (exact) mass is 174 g/mol. The number of allylic oxidation sites excluding steroid dienone is 2. The Kier molecular flexibility index (Phi) is 2.55. The predicted molar refractivity (Wildman–Crippen MR) is 46.5 cm³/mol. The average Bonchev–Trinajstić information content (AvgIpc) is 2.00. The molecule has 0 nitrogen and oxygen atoms in total. The second kappa shape index (κ2) is 3.15. The second-order valence-corrected chi connectivity index (χ2v) is 4.14. The van der Waals surface area contributed by atoms with E-state index in [9.17, 15) is 8.78 Å². The molecule has 1 rings (SSSR count). The van der Waals surface area contributed by atoms with Crippen molar-refractivity contribution in [1.29, 1.82) is 0 Å². The first-order valence-corrected chi connectivity index (χ1v) is 4.43. The van der Waals surface area contributed by atoms with E-state index in [0.29, 0.717) is 6.42 Å². The highest BCUT2D eigenvalue weighted by atomic mass is 19.2. The topological polar surface area (TPSA) is 0 Å². The van der Waals surface area contributed by atoms with Crippen LogP contribution in [0.15, 0.2) is 12.2 Å². The Morgan fingerprint density at radius 2 is 2.00 bits per heavy atom. The minimum Gasteiger partial charge on any atom is -0.243 e. The Hall–Kier alpha value is -0.400. The molecule has 1 aliphatic carbocycles. The molecule has 0 bridgehead atoms. The molecule has 0 radical (unpaired) electrons. The summed E-state index contributed by atoms with van der Waals surface area (Å²) in [7, 11) is 0. The standard InChI is InChI=1S/C10H16F2/c1-7(2)10(3)6-4-5-8(11)9(10)12/h4-5,7-9H,6H2,1-3H3. The van der Waals surface area contributed by atoms with Gasteiger partial charge in [0, 0.05) is 5.41 Å². The summed E-state index contributed by atoms with van der Waals surface area (Å²) in [5, 5.41) is 0. The lowest BCUT2D eigenvalue weighted by molar-refractivity contribution is 0.0224. The third kappa shape index (κ3) is 1.39. The van der Waals surface area contributed by atoms with Gasteiger partial charge in [0.25, 0.3) is 0 Å². The molecule has 0 fully saturated rings. The van der Waals surface area contributed by atoms with Crippen LogP contribution >= 0.6 is 0 Å². The van der Waals surface area contributed by atoms with Gasteiger partial charge in [0.2, 0.25) is 0 Å². The normalized spacial score (nSPS) is 42.2. The van der Waals surface area contributed by atoms with Gasteiger partial charge in [-0.25, -0.2) is 8.78 Å². The van der Waals surface area contributed by atoms with Crippen LogP contribution in [0.5, 0.6) is 0 Å². The van der Waals surface area contributed by atoms with Crippen LogP contribution in [0.1, 0.15) is 27.2 Å². The summed E-state index contributed by atoms with van der Waals surface area (Å²) < 4.78 is 26.4. The molecule has 0 saturated heterocycles. The van der Waals surface area contributed by atoms with E-state index in [2.05, 4.69) is 0 Å². The van der Waals surface area contributed by atoms with Crippen molar-refractivity contribution in [3.8, 4) is 0 Å². The lowest BCUT2D eigenvalue weighted by atomic mass is 9.69. The van der Waals surface area contributed by atoms with E-state index in [-0.39, 0.29) is 5.92 Å². The highest BCUT2D eigenvalue weighted by Crippen LogP contribution is 2.42. The van der Waals surface area contributed by atoms with E-state index in [4.69, 9.17) is 0 Å². The molecule has 3 unspecified atom stereocenters. The molecule has 0 aromatic carbocycles. The number of halogens is 2. The van der Waals surface area contributed by atoms with Gasteiger partial charge in [-0.15, -0.1) is 0 Å². The van der Waals surface area contributed by atoms with Crippen LogP contribution in [0.3, 0.4) is 0 Å². The zero-order chi connectivity index (χ0) is 9.35. The molecule has 0 aromatic heterocycles. The van der Waals surface area contributed by atoms with E-state index in [1.807, 2.05) is 20.8 Å². The van der Waals surface area contributed by atoms with Gasteiger partial charge in [0.05, 0.1) is 0 Å². The first kappa shape index (κ1) is 9.69. The van der Waals surface area contributed by atoms with Gasteiger partial charge in [-0.05, 0) is 12.3 Å². The van der Waals surface area contributed by atoms with Crippen molar-refractivity contribution in [3.05, 3.63) is 12.2 Å². The minimum absolute atomic E-state index is 0.177. The maximum atomic E-state index is 13.5. The summed E-state index contributed by atoms with van der Waals surface area (Å²) in [5.41, 5.74) is -0.520. The fraction of sp³-hybridized carbons (Fsp3) is 0.800. The zero-order valence-electron chi connectivity index (χ0n) is 7.85. The van der Waals surface area contributed by atoms with E-state index in [1.165, 1.54) is 6.08 Å². The Labute approximate surface area is 72.7 Å². The van der Waals surface area contributed by atoms with Crippen molar-refractivity contribution >= 4 is 0 Å². The molecule has 3 atom stereocenters. The average molecular weight is 174 g/mol. The van der Waals surface area contributed by atoms with Crippen molar-refractivity contribution in [2.24, 2.45) is 11.3 Å². The van der Waals surface area contributed by atoms with Crippen LogP contribution in [-0.2, 0) is 0 Å². The number of hydrogen-bond acceptors (Lipinski definition) is 0. The summed E-state index contributed by atoms with van der Waals surface area (Å²) in [6.07, 6.45) is 0.968. The Morgan fingerprint density at radius 1 is 1.42 bits per heavy atom. The highest BCUT2D eigenvalue weighted by Gasteiger charge is 2.42. The van der Waals surface area contributed by atoms with Crippen LogP contribution in [-0.4, -0.2) is 12.3 Å². The van der Waals surface area contributed by atoms with Gasteiger partial charge in [0.15, 0.2) is 0 Å². The predicted octanol–water partition coefficient (Wildman–Crippen LogP) is 3.28. The van der Waals surface area contributed by atoms with Gasteiger partial charge in [-0.3, -0.25) is 0 Å². The first-order valence-electron chi connectivity index (χ1n) is 4.43. The number of alkyl halides is 2. The molecule has 1 aliphatic rings. The fourth-order valence-corrected chi connectivity index (χ4v) is 1.58. The highest BCUT2D eigenvalue weighted by molar-refractivity contribution is 5.08. The molecular formula is C10H16F2. The van der Waals surface area contributed by atoms with E-state index < -0.39 is 17.8 Å². The van der Waals surface area contributed by atoms with Crippen molar-refractivity contribution in [2.45, 2.75) is 39.5 Å². The molecule has 0 aliphatic heterocycles. The Bertz CT molecular complexity index is 186. The van der Waals surface area contributed by atoms with Crippen molar-refractivity contribution in [1.82, 2.24) is 0 Å². The molecular weight excluding hydrogens is 158 g/mol. The smallest absolute Gasteiger partial charge is 0.150 e. The molecule has 0 heterocycles. The largest absolute Gasteiger partial charge is 0.243 e. The molecule has 70 valence electrons. The molecule has 12 heavy (non-hydrogen) atoms. The van der Waals surface area contributed by atoms with Gasteiger partial charge in [0.1, 0.15) is 12.3 Å². The van der Waals surface area contributed by atoms with Crippen LogP contribution in [0.4, 0.5) is 8.78 Å². The summed E-state index contributed by atoms with van der Waals surface area (Å²) in [4.78, 5) is 0. The van der Waals surface area contributed by atoms with Gasteiger partial charge in [-0.2, -0.15) is 0 Å². The molecule has 0 aromatic rings. The number of rotatable bonds is 1. The van der Waals surface area contributed by atoms with E-state index in [0.717, 1.165) is 0 Å². The van der Waals surface area contributed by atoms with E-state index in [1.54, 1.807) is 6.08 Å². The molecule has 2 heteroatoms. The summed E-state index contributed by atoms with van der Waals surface area (Å²) in [6.45, 7) is 5.70. The molecule has 0 amide bonds. The third-order valence-electron chi connectivity index (χ3n) is 3.11. The van der Waals surface area contributed by atoms with Crippen LogP contribution in [0.2, 0.25) is 0 Å². The van der Waals surface area contributed by atoms with Crippen molar-refractivity contribution < 1.29 is 8.78 Å². The van der Waals surface area contributed by atoms with Crippen LogP contribution < -0.4 is 0 Å². The molecule has 0 spiro atoms. The van der Waals surface area contributed by atoms with Crippen molar-refractivity contribution in [2.75, 3.05) is 0 Å². The first-order chi connectivity index (χ1) is 5.48. The lowest BCUT2D eigenvalue weighted by Gasteiger charge is -2.39. The quantitative estimate of drug-likeness (QED) is 0.535. The summed E-state index contributed by atoms with van der Waals surface area (Å²) >= 11 is 0. The minimum atomic E-state index is -1.41. The fourth-order valence-electron chi connectivity index (χ4n) is 1.58. The zero-order valence-corrected chi connectivity index (χ0v) is 7.85. The maximum Gasteiger partial charge on any atom is 0.150 e. The number of hydrogen-bond donors (Lipinski definition) is 0. The molecule has 0 N–H and O–H groups in total.